The topological polar surface area (TPSA) is 127 Å². The molecule has 2 aromatic heterocycles. The Morgan fingerprint density at radius 1 is 0.968 bits per heavy atom. The van der Waals surface area contributed by atoms with Crippen LogP contribution in [0.4, 0.5) is 11.5 Å². The van der Waals surface area contributed by atoms with E-state index in [0.29, 0.717) is 24.7 Å². The second-order valence-electron chi connectivity index (χ2n) is 7.16. The molecule has 4 rings (SSSR count). The zero-order valence-electron chi connectivity index (χ0n) is 17.0. The van der Waals surface area contributed by atoms with Crippen molar-refractivity contribution in [3.05, 3.63) is 64.5 Å². The summed E-state index contributed by atoms with van der Waals surface area (Å²) in [7, 11) is -3.73. The molecule has 1 fully saturated rings. The normalized spacial score (nSPS) is 15.2. The third-order valence-electron chi connectivity index (χ3n) is 5.38. The Hall–Kier alpha value is -3.38. The number of nitro groups is 1. The summed E-state index contributed by atoms with van der Waals surface area (Å²) in [6, 6.07) is 6.79. The molecule has 11 nitrogen and oxygen atoms in total. The molecule has 0 bridgehead atoms. The van der Waals surface area contributed by atoms with Crippen molar-refractivity contribution in [2.45, 2.75) is 18.7 Å². The molecule has 1 aliphatic heterocycles. The molecular formula is C19H21N7O4S. The van der Waals surface area contributed by atoms with Crippen LogP contribution in [-0.4, -0.2) is 63.3 Å². The summed E-state index contributed by atoms with van der Waals surface area (Å²) in [6.07, 6.45) is 3.20. The number of aryl methyl sites for hydroxylation is 1. The van der Waals surface area contributed by atoms with Crippen LogP contribution in [0.5, 0.6) is 0 Å². The average molecular weight is 443 g/mol. The predicted octanol–water partition coefficient (Wildman–Crippen LogP) is 1.70. The Bertz CT molecular complexity index is 1220. The van der Waals surface area contributed by atoms with Crippen molar-refractivity contribution in [3.8, 4) is 5.82 Å². The molecule has 3 aromatic rings. The molecular weight excluding hydrogens is 422 g/mol. The number of sulfonamides is 1. The lowest BCUT2D eigenvalue weighted by molar-refractivity contribution is -0.384. The van der Waals surface area contributed by atoms with Crippen LogP contribution in [0.25, 0.3) is 5.82 Å². The van der Waals surface area contributed by atoms with E-state index < -0.39 is 14.9 Å². The molecule has 1 aromatic carbocycles. The Kier molecular flexibility index (Phi) is 5.41. The molecule has 0 unspecified atom stereocenters. The number of non-ortho nitro benzene ring substituents is 1. The van der Waals surface area contributed by atoms with Gasteiger partial charge < -0.3 is 4.90 Å². The highest BCUT2D eigenvalue weighted by molar-refractivity contribution is 7.89. The molecule has 0 N–H and O–H groups in total. The summed E-state index contributed by atoms with van der Waals surface area (Å²) >= 11 is 0. The first kappa shape index (κ1) is 20.9. The number of hydrogen-bond donors (Lipinski definition) is 0. The van der Waals surface area contributed by atoms with Gasteiger partial charge >= 0.3 is 0 Å². The Morgan fingerprint density at radius 2 is 1.61 bits per heavy atom. The SMILES string of the molecule is Cc1ncn(-c2cc(N3CCN(S(=O)(=O)c4ccc([N+](=O)[O-])cc4)CC3)ncn2)c1C. The number of piperazine rings is 1. The third-order valence-corrected chi connectivity index (χ3v) is 7.30. The maximum atomic E-state index is 12.9. The van der Waals surface area contributed by atoms with Crippen LogP contribution in [0.3, 0.4) is 0 Å². The first-order valence-electron chi connectivity index (χ1n) is 9.60. The van der Waals surface area contributed by atoms with E-state index in [9.17, 15) is 18.5 Å². The van der Waals surface area contributed by atoms with Gasteiger partial charge in [0.05, 0.1) is 15.5 Å². The summed E-state index contributed by atoms with van der Waals surface area (Å²) in [5.41, 5.74) is 1.76. The third kappa shape index (κ3) is 3.99. The van der Waals surface area contributed by atoms with E-state index in [4.69, 9.17) is 0 Å². The Labute approximate surface area is 179 Å². The molecule has 1 saturated heterocycles. The van der Waals surface area contributed by atoms with Gasteiger partial charge in [0.2, 0.25) is 10.0 Å². The molecule has 0 amide bonds. The van der Waals surface area contributed by atoms with Gasteiger partial charge in [-0.1, -0.05) is 0 Å². The van der Waals surface area contributed by atoms with E-state index in [1.807, 2.05) is 29.4 Å². The van der Waals surface area contributed by atoms with Crippen LogP contribution in [0.1, 0.15) is 11.4 Å². The average Bonchev–Trinajstić information content (AvgIpc) is 3.12. The van der Waals surface area contributed by atoms with Gasteiger partial charge in [-0.15, -0.1) is 0 Å². The Morgan fingerprint density at radius 3 is 2.19 bits per heavy atom. The quantitative estimate of drug-likeness (QED) is 0.431. The number of rotatable bonds is 5. The van der Waals surface area contributed by atoms with Gasteiger partial charge in [0.1, 0.15) is 24.3 Å². The molecule has 0 radical (unpaired) electrons. The second-order valence-corrected chi connectivity index (χ2v) is 9.10. The van der Waals surface area contributed by atoms with E-state index in [-0.39, 0.29) is 23.7 Å². The minimum Gasteiger partial charge on any atom is -0.354 e. The highest BCUT2D eigenvalue weighted by Gasteiger charge is 2.29. The van der Waals surface area contributed by atoms with E-state index in [1.54, 1.807) is 6.33 Å². The number of nitro benzene ring substituents is 1. The van der Waals surface area contributed by atoms with Gasteiger partial charge in [0.25, 0.3) is 5.69 Å². The maximum Gasteiger partial charge on any atom is 0.269 e. The highest BCUT2D eigenvalue weighted by atomic mass is 32.2. The van der Waals surface area contributed by atoms with Crippen LogP contribution in [0.2, 0.25) is 0 Å². The zero-order chi connectivity index (χ0) is 22.2. The van der Waals surface area contributed by atoms with Gasteiger partial charge in [0, 0.05) is 50.1 Å². The standard InChI is InChI=1S/C19H21N7O4S/c1-14-15(2)25(13-22-14)19-11-18(20-12-21-19)23-7-9-24(10-8-23)31(29,30)17-5-3-16(4-6-17)26(27)28/h3-6,11-13H,7-10H2,1-2H3. The number of imidazole rings is 1. The van der Waals surface area contributed by atoms with Crippen molar-refractivity contribution in [2.75, 3.05) is 31.1 Å². The fourth-order valence-corrected chi connectivity index (χ4v) is 4.84. The zero-order valence-corrected chi connectivity index (χ0v) is 17.9. The molecule has 1 aliphatic rings. The highest BCUT2D eigenvalue weighted by Crippen LogP contribution is 2.23. The number of nitrogens with zero attached hydrogens (tertiary/aromatic N) is 7. The summed E-state index contributed by atoms with van der Waals surface area (Å²) in [5.74, 6) is 1.41. The molecule has 12 heteroatoms. The van der Waals surface area contributed by atoms with Gasteiger partial charge in [-0.05, 0) is 26.0 Å². The molecule has 31 heavy (non-hydrogen) atoms. The first-order chi connectivity index (χ1) is 14.8. The summed E-state index contributed by atoms with van der Waals surface area (Å²) in [4.78, 5) is 25.2. The van der Waals surface area contributed by atoms with Crippen LogP contribution < -0.4 is 4.90 Å². The summed E-state index contributed by atoms with van der Waals surface area (Å²) in [5, 5.41) is 10.8. The molecule has 3 heterocycles. The smallest absolute Gasteiger partial charge is 0.269 e. The van der Waals surface area contributed by atoms with Gasteiger partial charge in [-0.2, -0.15) is 4.31 Å². The molecule has 0 spiro atoms. The van der Waals surface area contributed by atoms with E-state index in [0.717, 1.165) is 11.4 Å². The van der Waals surface area contributed by atoms with Crippen molar-refractivity contribution < 1.29 is 13.3 Å². The Balaban J connectivity index is 1.48. The molecule has 162 valence electrons. The molecule has 0 aliphatic carbocycles. The number of anilines is 1. The van der Waals surface area contributed by atoms with Crippen LogP contribution in [-0.2, 0) is 10.0 Å². The van der Waals surface area contributed by atoms with Crippen molar-refractivity contribution in [1.82, 2.24) is 23.8 Å². The lowest BCUT2D eigenvalue weighted by Gasteiger charge is -2.34. The summed E-state index contributed by atoms with van der Waals surface area (Å²) in [6.45, 7) is 5.38. The number of hydrogen-bond acceptors (Lipinski definition) is 8. The van der Waals surface area contributed by atoms with Crippen molar-refractivity contribution >= 4 is 21.5 Å². The van der Waals surface area contributed by atoms with E-state index in [2.05, 4.69) is 15.0 Å². The van der Waals surface area contributed by atoms with Crippen molar-refractivity contribution in [3.63, 3.8) is 0 Å². The van der Waals surface area contributed by atoms with Gasteiger partial charge in [-0.25, -0.2) is 23.4 Å². The second kappa shape index (κ2) is 8.04. The van der Waals surface area contributed by atoms with Crippen LogP contribution >= 0.6 is 0 Å². The summed E-state index contributed by atoms with van der Waals surface area (Å²) < 4.78 is 29.1. The maximum absolute atomic E-state index is 12.9. The van der Waals surface area contributed by atoms with Crippen LogP contribution in [0.15, 0.2) is 47.9 Å². The van der Waals surface area contributed by atoms with Crippen molar-refractivity contribution in [2.24, 2.45) is 0 Å². The molecule has 0 atom stereocenters. The first-order valence-corrected chi connectivity index (χ1v) is 11.0. The van der Waals surface area contributed by atoms with Crippen LogP contribution in [0, 0.1) is 24.0 Å². The van der Waals surface area contributed by atoms with E-state index >= 15 is 0 Å². The minimum absolute atomic E-state index is 0.0434. The fraction of sp³-hybridized carbons (Fsp3) is 0.316. The fourth-order valence-electron chi connectivity index (χ4n) is 3.42. The van der Waals surface area contributed by atoms with Gasteiger partial charge in [0.15, 0.2) is 0 Å². The number of benzene rings is 1. The lowest BCUT2D eigenvalue weighted by atomic mass is 10.3. The molecule has 0 saturated carbocycles. The van der Waals surface area contributed by atoms with Gasteiger partial charge in [-0.3, -0.25) is 14.7 Å². The minimum atomic E-state index is -3.73. The lowest BCUT2D eigenvalue weighted by Crippen LogP contribution is -2.48. The number of aromatic nitrogens is 4. The largest absolute Gasteiger partial charge is 0.354 e. The monoisotopic (exact) mass is 443 g/mol. The predicted molar refractivity (Wildman–Crippen MR) is 113 cm³/mol. The van der Waals surface area contributed by atoms with E-state index in [1.165, 1.54) is 34.9 Å². The van der Waals surface area contributed by atoms with Crippen molar-refractivity contribution in [1.29, 1.82) is 0 Å².